The predicted octanol–water partition coefficient (Wildman–Crippen LogP) is 5.38. The summed E-state index contributed by atoms with van der Waals surface area (Å²) in [6, 6.07) is 10.7. The average molecular weight is 257 g/mol. The molecule has 0 aliphatic rings. The zero-order chi connectivity index (χ0) is 13.8. The van der Waals surface area contributed by atoms with Gasteiger partial charge in [0.15, 0.2) is 0 Å². The molecule has 0 spiro atoms. The van der Waals surface area contributed by atoms with E-state index in [1.165, 1.54) is 31.2 Å². The first-order valence-electron chi connectivity index (χ1n) is 7.45. The van der Waals surface area contributed by atoms with Crippen LogP contribution >= 0.6 is 0 Å². The van der Waals surface area contributed by atoms with Crippen molar-refractivity contribution in [2.45, 2.75) is 51.9 Å². The molecule has 0 amide bonds. The largest absolute Gasteiger partial charge is 0.368 e. The molecular formula is C18H27N. The quantitative estimate of drug-likeness (QED) is 0.586. The van der Waals surface area contributed by atoms with E-state index in [1.54, 1.807) is 0 Å². The maximum Gasteiger partial charge on any atom is -0.00358 e. The van der Waals surface area contributed by atoms with E-state index in [-0.39, 0.29) is 0 Å². The Morgan fingerprint density at radius 2 is 1.74 bits per heavy atom. The van der Waals surface area contributed by atoms with Crippen molar-refractivity contribution in [3.05, 3.63) is 60.4 Å². The molecule has 1 nitrogen and oxygen atoms in total. The lowest BCUT2D eigenvalue weighted by Crippen LogP contribution is -1.94. The van der Waals surface area contributed by atoms with Crippen molar-refractivity contribution in [2.24, 2.45) is 0 Å². The van der Waals surface area contributed by atoms with Crippen LogP contribution in [0, 0.1) is 0 Å². The number of allylic oxidation sites excluding steroid dienone is 2. The summed E-state index contributed by atoms with van der Waals surface area (Å²) < 4.78 is 0. The van der Waals surface area contributed by atoms with E-state index in [9.17, 15) is 0 Å². The molecule has 0 saturated carbocycles. The molecule has 1 atom stereocenters. The van der Waals surface area contributed by atoms with Crippen LogP contribution in [0.1, 0.15) is 57.4 Å². The van der Waals surface area contributed by atoms with Gasteiger partial charge in [0.1, 0.15) is 0 Å². The molecule has 1 aromatic rings. The van der Waals surface area contributed by atoms with Crippen LogP contribution in [0.4, 0.5) is 0 Å². The maximum absolute atomic E-state index is 3.20. The number of rotatable bonds is 9. The maximum atomic E-state index is 3.20. The van der Waals surface area contributed by atoms with Gasteiger partial charge in [0, 0.05) is 0 Å². The first kappa shape index (κ1) is 15.6. The zero-order valence-corrected chi connectivity index (χ0v) is 12.3. The van der Waals surface area contributed by atoms with Crippen LogP contribution in [0.25, 0.3) is 0 Å². The topological polar surface area (TPSA) is 12.0 Å². The molecule has 0 heterocycles. The van der Waals surface area contributed by atoms with E-state index in [0.717, 1.165) is 6.42 Å². The highest BCUT2D eigenvalue weighted by molar-refractivity contribution is 5.18. The Balaban J connectivity index is 2.11. The van der Waals surface area contributed by atoms with Crippen LogP contribution in [0.15, 0.2) is 54.9 Å². The van der Waals surface area contributed by atoms with Crippen molar-refractivity contribution in [3.8, 4) is 0 Å². The minimum Gasteiger partial charge on any atom is -0.368 e. The van der Waals surface area contributed by atoms with Crippen LogP contribution in [-0.4, -0.2) is 0 Å². The van der Waals surface area contributed by atoms with Gasteiger partial charge in [0.25, 0.3) is 0 Å². The molecule has 19 heavy (non-hydrogen) atoms. The fraction of sp³-hybridized carbons (Fsp3) is 0.444. The molecule has 1 aromatic carbocycles. The molecule has 0 aliphatic carbocycles. The second kappa shape index (κ2) is 10.4. The van der Waals surface area contributed by atoms with E-state index in [4.69, 9.17) is 0 Å². The van der Waals surface area contributed by atoms with Gasteiger partial charge in [-0.1, -0.05) is 69.2 Å². The number of unbranched alkanes of at least 4 members (excludes halogenated alkanes) is 2. The first-order valence-corrected chi connectivity index (χ1v) is 7.45. The Morgan fingerprint density at radius 3 is 2.42 bits per heavy atom. The van der Waals surface area contributed by atoms with Crippen LogP contribution in [0.3, 0.4) is 0 Å². The summed E-state index contributed by atoms with van der Waals surface area (Å²) in [5.74, 6) is 0.631. The molecule has 1 unspecified atom stereocenters. The van der Waals surface area contributed by atoms with Crippen molar-refractivity contribution in [3.63, 3.8) is 0 Å². The highest BCUT2D eigenvalue weighted by Gasteiger charge is 2.02. The highest BCUT2D eigenvalue weighted by Crippen LogP contribution is 2.19. The predicted molar refractivity (Wildman–Crippen MR) is 85.0 cm³/mol. The van der Waals surface area contributed by atoms with Crippen LogP contribution in [-0.2, 0) is 0 Å². The summed E-state index contributed by atoms with van der Waals surface area (Å²) in [6.45, 7) is 4.51. The molecular weight excluding hydrogens is 230 g/mol. The third-order valence-electron chi connectivity index (χ3n) is 3.29. The molecule has 1 heteroatoms. The first-order chi connectivity index (χ1) is 9.34. The van der Waals surface area contributed by atoms with E-state index in [0.29, 0.717) is 5.92 Å². The number of hydrogen-bond donors (Lipinski definition) is 1. The molecule has 0 aliphatic heterocycles. The molecule has 0 fully saturated rings. The number of hydrogen-bond acceptors (Lipinski definition) is 1. The lowest BCUT2D eigenvalue weighted by molar-refractivity contribution is 0.689. The Labute approximate surface area is 118 Å². The highest BCUT2D eigenvalue weighted by atomic mass is 14.8. The van der Waals surface area contributed by atoms with Crippen LogP contribution < -0.4 is 5.32 Å². The van der Waals surface area contributed by atoms with Gasteiger partial charge in [0.05, 0.1) is 0 Å². The van der Waals surface area contributed by atoms with Gasteiger partial charge in [-0.3, -0.25) is 0 Å². The summed E-state index contributed by atoms with van der Waals surface area (Å²) >= 11 is 0. The summed E-state index contributed by atoms with van der Waals surface area (Å²) in [7, 11) is 0. The van der Waals surface area contributed by atoms with Crippen molar-refractivity contribution in [2.75, 3.05) is 0 Å². The van der Waals surface area contributed by atoms with E-state index in [2.05, 4.69) is 61.6 Å². The van der Waals surface area contributed by atoms with Gasteiger partial charge in [0.2, 0.25) is 0 Å². The van der Waals surface area contributed by atoms with Crippen molar-refractivity contribution in [1.29, 1.82) is 0 Å². The Hall–Kier alpha value is -1.50. The summed E-state index contributed by atoms with van der Waals surface area (Å²) in [6.07, 6.45) is 14.5. The molecule has 0 aromatic heterocycles. The standard InChI is InChI=1S/C18H27N/c1-3-4-5-10-15-19-16-11-9-12-17(2)18-13-7-6-8-14-18/h6-8,10-11,13-17,19H,3-5,9,12H2,1-2H3/b15-10+,16-11+. The Morgan fingerprint density at radius 1 is 1.05 bits per heavy atom. The van der Waals surface area contributed by atoms with Crippen molar-refractivity contribution < 1.29 is 0 Å². The second-order valence-corrected chi connectivity index (χ2v) is 5.00. The van der Waals surface area contributed by atoms with E-state index < -0.39 is 0 Å². The lowest BCUT2D eigenvalue weighted by Gasteiger charge is -2.09. The molecule has 1 rings (SSSR count). The van der Waals surface area contributed by atoms with E-state index in [1.807, 2.05) is 12.4 Å². The van der Waals surface area contributed by atoms with Gasteiger partial charge in [-0.25, -0.2) is 0 Å². The van der Waals surface area contributed by atoms with Crippen molar-refractivity contribution in [1.82, 2.24) is 5.32 Å². The van der Waals surface area contributed by atoms with Crippen LogP contribution in [0.2, 0.25) is 0 Å². The minimum absolute atomic E-state index is 0.631. The van der Waals surface area contributed by atoms with E-state index >= 15 is 0 Å². The summed E-state index contributed by atoms with van der Waals surface area (Å²) in [4.78, 5) is 0. The fourth-order valence-corrected chi connectivity index (χ4v) is 1.97. The summed E-state index contributed by atoms with van der Waals surface area (Å²) in [5, 5.41) is 3.20. The van der Waals surface area contributed by atoms with Gasteiger partial charge in [-0.15, -0.1) is 0 Å². The van der Waals surface area contributed by atoms with Crippen molar-refractivity contribution >= 4 is 0 Å². The minimum atomic E-state index is 0.631. The van der Waals surface area contributed by atoms with Gasteiger partial charge < -0.3 is 5.32 Å². The lowest BCUT2D eigenvalue weighted by atomic mass is 9.96. The molecule has 0 radical (unpaired) electrons. The van der Waals surface area contributed by atoms with Gasteiger partial charge >= 0.3 is 0 Å². The average Bonchev–Trinajstić information content (AvgIpc) is 2.46. The zero-order valence-electron chi connectivity index (χ0n) is 12.3. The Bertz CT molecular complexity index is 365. The third kappa shape index (κ3) is 7.50. The smallest absolute Gasteiger partial charge is 0.00358 e. The molecule has 0 saturated heterocycles. The van der Waals surface area contributed by atoms with Crippen LogP contribution in [0.5, 0.6) is 0 Å². The molecule has 1 N–H and O–H groups in total. The normalized spacial score (nSPS) is 13.2. The van der Waals surface area contributed by atoms with Gasteiger partial charge in [-0.05, 0) is 43.1 Å². The fourth-order valence-electron chi connectivity index (χ4n) is 1.97. The third-order valence-corrected chi connectivity index (χ3v) is 3.29. The number of nitrogens with one attached hydrogen (secondary N) is 1. The molecule has 0 bridgehead atoms. The molecule has 104 valence electrons. The second-order valence-electron chi connectivity index (χ2n) is 5.00. The summed E-state index contributed by atoms with van der Waals surface area (Å²) in [5.41, 5.74) is 1.43. The number of benzene rings is 1. The SMILES string of the molecule is CCCC/C=C/N/C=C/CCC(C)c1ccccc1. The Kier molecular flexibility index (Phi) is 8.54. The van der Waals surface area contributed by atoms with Gasteiger partial charge in [-0.2, -0.15) is 0 Å². The monoisotopic (exact) mass is 257 g/mol.